The molecule has 1 saturated heterocycles. The van der Waals surface area contributed by atoms with E-state index in [1.807, 2.05) is 41.7 Å². The highest BCUT2D eigenvalue weighted by Gasteiger charge is 2.34. The van der Waals surface area contributed by atoms with Crippen molar-refractivity contribution in [1.82, 2.24) is 24.3 Å². The van der Waals surface area contributed by atoms with E-state index in [0.29, 0.717) is 24.7 Å². The Morgan fingerprint density at radius 2 is 2.19 bits per heavy atom. The minimum absolute atomic E-state index is 0.0324. The molecule has 3 aromatic rings. The number of hydrogen-bond acceptors (Lipinski definition) is 4. The Labute approximate surface area is 150 Å². The second-order valence-electron chi connectivity index (χ2n) is 7.10. The van der Waals surface area contributed by atoms with Crippen molar-refractivity contribution in [3.05, 3.63) is 42.6 Å². The number of aromatic nitrogens is 4. The molecule has 26 heavy (non-hydrogen) atoms. The van der Waals surface area contributed by atoms with Crippen LogP contribution in [-0.2, 0) is 4.79 Å². The number of piperidine rings is 1. The molecule has 2 aliphatic rings. The van der Waals surface area contributed by atoms with E-state index in [0.717, 1.165) is 35.5 Å². The van der Waals surface area contributed by atoms with Crippen molar-refractivity contribution in [2.75, 3.05) is 19.6 Å². The molecule has 0 aliphatic carbocycles. The molecular weight excluding hydrogens is 328 g/mol. The zero-order valence-corrected chi connectivity index (χ0v) is 14.6. The first-order valence-electron chi connectivity index (χ1n) is 9.02. The molecule has 132 valence electrons. The first-order valence-corrected chi connectivity index (χ1v) is 9.02. The van der Waals surface area contributed by atoms with Gasteiger partial charge < -0.3 is 9.88 Å². The van der Waals surface area contributed by atoms with Crippen molar-refractivity contribution in [2.24, 2.45) is 10.9 Å². The van der Waals surface area contributed by atoms with Crippen LogP contribution >= 0.6 is 0 Å². The van der Waals surface area contributed by atoms with Crippen molar-refractivity contribution in [3.63, 3.8) is 0 Å². The Bertz CT molecular complexity index is 1060. The normalized spacial score (nSPS) is 23.1. The van der Waals surface area contributed by atoms with Gasteiger partial charge in [-0.3, -0.25) is 14.2 Å². The first kappa shape index (κ1) is 15.3. The molecule has 5 rings (SSSR count). The third-order valence-electron chi connectivity index (χ3n) is 5.53. The summed E-state index contributed by atoms with van der Waals surface area (Å²) in [5.74, 6) is 1.67. The molecule has 5 heterocycles. The smallest absolute Gasteiger partial charge is 0.272 e. The van der Waals surface area contributed by atoms with Crippen LogP contribution in [0.25, 0.3) is 16.7 Å². The standard InChI is InChI=1S/C19H20N6O/c1-12-5-8-24(19(26)15-3-2-6-20-15)11-14(12)18-23-10-13-9-22-17-16(25(13)18)4-7-21-17/h2-4,7,9-10,12,14,21H,5-6,8,11H2,1H3/t12-,14+/m1/s1. The molecule has 0 spiro atoms. The summed E-state index contributed by atoms with van der Waals surface area (Å²) >= 11 is 0. The fraction of sp³-hybridized carbons (Fsp3) is 0.368. The maximum Gasteiger partial charge on any atom is 0.272 e. The fourth-order valence-corrected chi connectivity index (χ4v) is 4.02. The topological polar surface area (TPSA) is 78.7 Å². The van der Waals surface area contributed by atoms with E-state index in [4.69, 9.17) is 4.98 Å². The summed E-state index contributed by atoms with van der Waals surface area (Å²) in [5, 5.41) is 0. The summed E-state index contributed by atoms with van der Waals surface area (Å²) in [6.45, 7) is 4.29. The second-order valence-corrected chi connectivity index (χ2v) is 7.10. The predicted octanol–water partition coefficient (Wildman–Crippen LogP) is 2.17. The van der Waals surface area contributed by atoms with Gasteiger partial charge in [0.25, 0.3) is 5.91 Å². The van der Waals surface area contributed by atoms with Crippen LogP contribution in [0.4, 0.5) is 0 Å². The van der Waals surface area contributed by atoms with Gasteiger partial charge in [-0.1, -0.05) is 13.0 Å². The molecule has 2 aliphatic heterocycles. The Morgan fingerprint density at radius 1 is 1.31 bits per heavy atom. The number of amides is 1. The minimum Gasteiger partial charge on any atom is -0.345 e. The van der Waals surface area contributed by atoms with Gasteiger partial charge >= 0.3 is 0 Å². The summed E-state index contributed by atoms with van der Waals surface area (Å²) < 4.78 is 2.17. The van der Waals surface area contributed by atoms with Gasteiger partial charge in [0.15, 0.2) is 5.65 Å². The number of fused-ring (bicyclic) bond motifs is 3. The SMILES string of the molecule is C[C@@H]1CCN(C(=O)C2=NCC=C2)C[C@@H]1c1ncc2cnc3[nH]ccc3n12. The van der Waals surface area contributed by atoms with E-state index in [1.165, 1.54) is 0 Å². The van der Waals surface area contributed by atoms with Crippen molar-refractivity contribution in [1.29, 1.82) is 0 Å². The molecule has 0 unspecified atom stereocenters. The van der Waals surface area contributed by atoms with Crippen molar-refractivity contribution < 1.29 is 4.79 Å². The number of imidazole rings is 1. The lowest BCUT2D eigenvalue weighted by Gasteiger charge is -2.36. The number of carbonyl (C=O) groups excluding carboxylic acids is 1. The van der Waals surface area contributed by atoms with E-state index >= 15 is 0 Å². The predicted molar refractivity (Wildman–Crippen MR) is 99.4 cm³/mol. The van der Waals surface area contributed by atoms with Crippen LogP contribution in [0.2, 0.25) is 0 Å². The van der Waals surface area contributed by atoms with Crippen LogP contribution < -0.4 is 0 Å². The molecule has 7 nitrogen and oxygen atoms in total. The number of nitrogens with one attached hydrogen (secondary N) is 1. The average Bonchev–Trinajstić information content (AvgIpc) is 3.40. The molecule has 0 aromatic carbocycles. The van der Waals surface area contributed by atoms with Gasteiger partial charge in [0.2, 0.25) is 0 Å². The molecule has 0 bridgehead atoms. The highest BCUT2D eigenvalue weighted by atomic mass is 16.2. The van der Waals surface area contributed by atoms with Crippen LogP contribution in [0.15, 0.2) is 41.8 Å². The zero-order valence-electron chi connectivity index (χ0n) is 14.6. The fourth-order valence-electron chi connectivity index (χ4n) is 4.02. The number of carbonyl (C=O) groups is 1. The van der Waals surface area contributed by atoms with Crippen molar-refractivity contribution in [2.45, 2.75) is 19.3 Å². The monoisotopic (exact) mass is 348 g/mol. The molecule has 1 N–H and O–H groups in total. The largest absolute Gasteiger partial charge is 0.345 e. The lowest BCUT2D eigenvalue weighted by molar-refractivity contribution is -0.125. The van der Waals surface area contributed by atoms with Crippen LogP contribution in [0, 0.1) is 5.92 Å². The van der Waals surface area contributed by atoms with E-state index < -0.39 is 0 Å². The van der Waals surface area contributed by atoms with E-state index in [-0.39, 0.29) is 11.8 Å². The Balaban J connectivity index is 1.54. The lowest BCUT2D eigenvalue weighted by atomic mass is 9.86. The number of aliphatic imine (C=N–C) groups is 1. The Hall–Kier alpha value is -2.96. The second kappa shape index (κ2) is 5.79. The average molecular weight is 348 g/mol. The molecule has 0 saturated carbocycles. The van der Waals surface area contributed by atoms with Crippen LogP contribution in [0.1, 0.15) is 25.1 Å². The summed E-state index contributed by atoms with van der Waals surface area (Å²) in [7, 11) is 0. The number of hydrogen-bond donors (Lipinski definition) is 1. The molecule has 1 fully saturated rings. The first-order chi connectivity index (χ1) is 12.7. The number of aromatic amines is 1. The number of likely N-dealkylation sites (tertiary alicyclic amines) is 1. The summed E-state index contributed by atoms with van der Waals surface area (Å²) in [6, 6.07) is 2.02. The van der Waals surface area contributed by atoms with E-state index in [9.17, 15) is 4.79 Å². The molecule has 0 radical (unpaired) electrons. The van der Waals surface area contributed by atoms with Crippen LogP contribution in [0.5, 0.6) is 0 Å². The number of nitrogens with zero attached hydrogens (tertiary/aromatic N) is 5. The summed E-state index contributed by atoms with van der Waals surface area (Å²) in [4.78, 5) is 31.3. The third-order valence-corrected chi connectivity index (χ3v) is 5.53. The maximum atomic E-state index is 12.8. The Kier molecular flexibility index (Phi) is 3.41. The molecule has 1 amide bonds. The van der Waals surface area contributed by atoms with Crippen LogP contribution in [-0.4, -0.2) is 55.5 Å². The van der Waals surface area contributed by atoms with Gasteiger partial charge in [-0.15, -0.1) is 0 Å². The van der Waals surface area contributed by atoms with Gasteiger partial charge in [-0.2, -0.15) is 0 Å². The van der Waals surface area contributed by atoms with E-state index in [1.54, 1.807) is 0 Å². The van der Waals surface area contributed by atoms with Gasteiger partial charge in [0.05, 0.1) is 30.0 Å². The molecule has 2 atom stereocenters. The highest BCUT2D eigenvalue weighted by molar-refractivity contribution is 6.43. The quantitative estimate of drug-likeness (QED) is 0.771. The zero-order chi connectivity index (χ0) is 17.7. The molecule has 3 aromatic heterocycles. The van der Waals surface area contributed by atoms with Gasteiger partial charge in [0.1, 0.15) is 11.5 Å². The Morgan fingerprint density at radius 3 is 3.04 bits per heavy atom. The van der Waals surface area contributed by atoms with Gasteiger partial charge in [-0.05, 0) is 24.5 Å². The van der Waals surface area contributed by atoms with Crippen molar-refractivity contribution >= 4 is 28.3 Å². The minimum atomic E-state index is 0.0324. The molecular formula is C19H20N6O. The third kappa shape index (κ3) is 2.27. The lowest BCUT2D eigenvalue weighted by Crippen LogP contribution is -2.45. The van der Waals surface area contributed by atoms with Crippen LogP contribution in [0.3, 0.4) is 0 Å². The summed E-state index contributed by atoms with van der Waals surface area (Å²) in [5.41, 5.74) is 3.42. The summed E-state index contributed by atoms with van der Waals surface area (Å²) in [6.07, 6.45) is 10.3. The van der Waals surface area contributed by atoms with Gasteiger partial charge in [0, 0.05) is 25.2 Å². The maximum absolute atomic E-state index is 12.8. The van der Waals surface area contributed by atoms with Gasteiger partial charge in [-0.25, -0.2) is 9.97 Å². The number of H-pyrrole nitrogens is 1. The highest BCUT2D eigenvalue weighted by Crippen LogP contribution is 2.33. The number of rotatable bonds is 2. The van der Waals surface area contributed by atoms with E-state index in [2.05, 4.69) is 26.3 Å². The van der Waals surface area contributed by atoms with Crippen molar-refractivity contribution in [3.8, 4) is 0 Å². The molecule has 7 heteroatoms.